The summed E-state index contributed by atoms with van der Waals surface area (Å²) in [7, 11) is 0. The largest absolute Gasteiger partial charge is 0.508 e. The van der Waals surface area contributed by atoms with E-state index in [0.29, 0.717) is 5.56 Å². The Hall–Kier alpha value is -3.88. The van der Waals surface area contributed by atoms with Crippen LogP contribution in [0.15, 0.2) is 45.6 Å². The Morgan fingerprint density at radius 1 is 0.971 bits per heavy atom. The maximum atomic E-state index is 12.6. The van der Waals surface area contributed by atoms with E-state index >= 15 is 0 Å². The highest BCUT2D eigenvalue weighted by molar-refractivity contribution is 5.89. The van der Waals surface area contributed by atoms with E-state index in [1.165, 1.54) is 24.3 Å². The zero-order valence-electron chi connectivity index (χ0n) is 16.9. The molecule has 8 N–H and O–H groups in total. The van der Waals surface area contributed by atoms with Gasteiger partial charge >= 0.3 is 5.97 Å². The minimum atomic E-state index is -3.38. The first-order valence-corrected chi connectivity index (χ1v) is 9.59. The number of aliphatic hydroxyl groups excluding tert-OH is 2. The van der Waals surface area contributed by atoms with Gasteiger partial charge in [0, 0.05) is 17.7 Å². The van der Waals surface area contributed by atoms with Crippen LogP contribution in [0.5, 0.6) is 23.0 Å². The molecule has 4 atom stereocenters. The Balaban J connectivity index is 1.78. The lowest BCUT2D eigenvalue weighted by Gasteiger charge is -2.43. The first kappa shape index (κ1) is 23.3. The smallest absolute Gasteiger partial charge is 0.335 e. The predicted octanol–water partition coefficient (Wildman–Crippen LogP) is -0.832. The van der Waals surface area contributed by atoms with E-state index in [1.807, 2.05) is 0 Å². The van der Waals surface area contributed by atoms with Crippen LogP contribution in [0.1, 0.15) is 0 Å². The fraction of sp³-hybridized carbons (Fsp3) is 0.238. The Morgan fingerprint density at radius 2 is 1.62 bits per heavy atom. The molecule has 34 heavy (non-hydrogen) atoms. The molecule has 13 heteroatoms. The summed E-state index contributed by atoms with van der Waals surface area (Å²) in [6, 6.07) is 7.53. The van der Waals surface area contributed by atoms with Crippen LogP contribution in [-0.2, 0) is 9.53 Å². The van der Waals surface area contributed by atoms with Crippen molar-refractivity contribution in [3.63, 3.8) is 0 Å². The van der Waals surface area contributed by atoms with E-state index in [4.69, 9.17) is 19.0 Å². The highest BCUT2D eigenvalue weighted by atomic mass is 16.7. The first-order valence-electron chi connectivity index (χ1n) is 9.59. The SMILES string of the molecule is O=C(O)[C@H]1O[C@@H](Oc2cc3oc(-c4ccc(O)cc4)cc(=O)c3c(O)c2O)[C@H](O)C(O)(O)[C@@H]1O. The molecule has 0 aliphatic carbocycles. The van der Waals surface area contributed by atoms with Gasteiger partial charge in [-0.25, -0.2) is 4.79 Å². The van der Waals surface area contributed by atoms with Crippen molar-refractivity contribution in [1.29, 1.82) is 0 Å². The van der Waals surface area contributed by atoms with E-state index in [9.17, 15) is 45.3 Å². The van der Waals surface area contributed by atoms with Gasteiger partial charge in [-0.05, 0) is 24.3 Å². The minimum absolute atomic E-state index is 0.0151. The molecule has 1 aromatic heterocycles. The molecule has 1 fully saturated rings. The average Bonchev–Trinajstić information content (AvgIpc) is 2.77. The van der Waals surface area contributed by atoms with Crippen molar-refractivity contribution in [3.05, 3.63) is 46.6 Å². The van der Waals surface area contributed by atoms with Crippen LogP contribution in [-0.4, -0.2) is 77.2 Å². The van der Waals surface area contributed by atoms with E-state index in [0.717, 1.165) is 12.1 Å². The van der Waals surface area contributed by atoms with Crippen LogP contribution in [0, 0.1) is 0 Å². The zero-order valence-corrected chi connectivity index (χ0v) is 16.9. The number of phenols is 3. The van der Waals surface area contributed by atoms with Crippen molar-refractivity contribution < 1.29 is 59.5 Å². The maximum absolute atomic E-state index is 12.6. The van der Waals surface area contributed by atoms with Gasteiger partial charge in [-0.2, -0.15) is 0 Å². The monoisotopic (exact) mass is 478 g/mol. The Labute approximate surface area is 188 Å². The molecule has 180 valence electrons. The Kier molecular flexibility index (Phi) is 5.59. The molecule has 0 radical (unpaired) electrons. The van der Waals surface area contributed by atoms with Crippen LogP contribution in [0.25, 0.3) is 22.3 Å². The van der Waals surface area contributed by atoms with Crippen molar-refractivity contribution >= 4 is 16.9 Å². The van der Waals surface area contributed by atoms with Crippen molar-refractivity contribution in [1.82, 2.24) is 0 Å². The number of carboxylic acids is 1. The summed E-state index contributed by atoms with van der Waals surface area (Å²) >= 11 is 0. The molecule has 1 aliphatic rings. The van der Waals surface area contributed by atoms with Crippen molar-refractivity contribution in [2.24, 2.45) is 0 Å². The second-order valence-electron chi connectivity index (χ2n) is 7.52. The number of aliphatic carboxylic acids is 1. The van der Waals surface area contributed by atoms with Gasteiger partial charge in [-0.15, -0.1) is 0 Å². The zero-order chi connectivity index (χ0) is 24.9. The normalized spacial score (nSPS) is 24.1. The number of hydrogen-bond donors (Lipinski definition) is 8. The van der Waals surface area contributed by atoms with E-state index in [-0.39, 0.29) is 17.1 Å². The highest BCUT2D eigenvalue weighted by Crippen LogP contribution is 2.43. The van der Waals surface area contributed by atoms with Gasteiger partial charge in [0.05, 0.1) is 0 Å². The van der Waals surface area contributed by atoms with E-state index < -0.39 is 64.4 Å². The van der Waals surface area contributed by atoms with Crippen molar-refractivity contribution in [2.75, 3.05) is 0 Å². The molecule has 2 heterocycles. The lowest BCUT2D eigenvalue weighted by Crippen LogP contribution is -2.69. The number of ether oxygens (including phenoxy) is 2. The van der Waals surface area contributed by atoms with Gasteiger partial charge in [0.15, 0.2) is 29.1 Å². The number of aliphatic hydroxyl groups is 4. The third kappa shape index (κ3) is 3.76. The summed E-state index contributed by atoms with van der Waals surface area (Å²) in [4.78, 5) is 23.8. The summed E-state index contributed by atoms with van der Waals surface area (Å²) in [6.45, 7) is 0. The first-order chi connectivity index (χ1) is 15.9. The molecule has 3 aromatic rings. The fourth-order valence-electron chi connectivity index (χ4n) is 3.43. The Bertz CT molecular complexity index is 1310. The molecule has 4 rings (SSSR count). The molecule has 0 unspecified atom stereocenters. The third-order valence-electron chi connectivity index (χ3n) is 5.27. The van der Waals surface area contributed by atoms with Gasteiger partial charge in [0.2, 0.25) is 17.8 Å². The van der Waals surface area contributed by atoms with Crippen LogP contribution >= 0.6 is 0 Å². The number of carboxylic acid groups (broad SMARTS) is 1. The summed E-state index contributed by atoms with van der Waals surface area (Å²) in [5, 5.41) is 78.5. The van der Waals surface area contributed by atoms with Crippen molar-refractivity contribution in [3.8, 4) is 34.3 Å². The standard InChI is InChI=1S/C21H18O13/c22-8-3-1-7(2-4-8)10-5-9(23)13-11(32-10)6-12(14(24)15(13)25)33-20-18(27)21(30,31)17(26)16(34-20)19(28)29/h1-6,16-18,20,22,24-27,30-31H,(H,28,29)/t16-,17+,18-,20+/m0/s1. The lowest BCUT2D eigenvalue weighted by molar-refractivity contribution is -0.369. The summed E-state index contributed by atoms with van der Waals surface area (Å²) < 4.78 is 15.7. The second kappa shape index (κ2) is 8.16. The molecule has 0 spiro atoms. The van der Waals surface area contributed by atoms with Gasteiger partial charge < -0.3 is 54.7 Å². The molecule has 0 bridgehead atoms. The Morgan fingerprint density at radius 3 is 2.24 bits per heavy atom. The summed E-state index contributed by atoms with van der Waals surface area (Å²) in [6.07, 6.45) is -9.28. The van der Waals surface area contributed by atoms with Crippen LogP contribution in [0.4, 0.5) is 0 Å². The van der Waals surface area contributed by atoms with Crippen LogP contribution < -0.4 is 10.2 Å². The quantitative estimate of drug-likeness (QED) is 0.169. The van der Waals surface area contributed by atoms with Gasteiger partial charge in [-0.1, -0.05) is 0 Å². The topological polar surface area (TPSA) is 228 Å². The number of rotatable bonds is 4. The molecular weight excluding hydrogens is 460 g/mol. The minimum Gasteiger partial charge on any atom is -0.508 e. The molecule has 1 aliphatic heterocycles. The highest BCUT2D eigenvalue weighted by Gasteiger charge is 2.58. The molecule has 0 saturated carbocycles. The molecule has 1 saturated heterocycles. The van der Waals surface area contributed by atoms with E-state index in [1.54, 1.807) is 0 Å². The van der Waals surface area contributed by atoms with Crippen LogP contribution in [0.2, 0.25) is 0 Å². The molecule has 2 aromatic carbocycles. The number of carbonyl (C=O) groups is 1. The van der Waals surface area contributed by atoms with E-state index in [2.05, 4.69) is 0 Å². The lowest BCUT2D eigenvalue weighted by atomic mass is 9.95. The molecule has 13 nitrogen and oxygen atoms in total. The third-order valence-corrected chi connectivity index (χ3v) is 5.27. The number of fused-ring (bicyclic) bond motifs is 1. The van der Waals surface area contributed by atoms with Gasteiger partial charge in [-0.3, -0.25) is 4.79 Å². The fourth-order valence-corrected chi connectivity index (χ4v) is 3.43. The second-order valence-corrected chi connectivity index (χ2v) is 7.52. The number of hydrogen-bond acceptors (Lipinski definition) is 12. The van der Waals surface area contributed by atoms with Gasteiger partial charge in [0.25, 0.3) is 0 Å². The molecular formula is C21H18O13. The predicted molar refractivity (Wildman–Crippen MR) is 109 cm³/mol. The number of phenolic OH excluding ortho intramolecular Hbond substituents is 3. The summed E-state index contributed by atoms with van der Waals surface area (Å²) in [5.74, 6) is -7.89. The maximum Gasteiger partial charge on any atom is 0.335 e. The number of aromatic hydroxyl groups is 3. The van der Waals surface area contributed by atoms with Crippen molar-refractivity contribution in [2.45, 2.75) is 30.4 Å². The molecule has 0 amide bonds. The summed E-state index contributed by atoms with van der Waals surface area (Å²) in [5.41, 5.74) is -0.682. The number of benzene rings is 2. The average molecular weight is 478 g/mol. The van der Waals surface area contributed by atoms with Gasteiger partial charge in [0.1, 0.15) is 28.6 Å². The van der Waals surface area contributed by atoms with Crippen LogP contribution in [0.3, 0.4) is 0 Å².